The number of piperazine rings is 1. The topological polar surface area (TPSA) is 35.5 Å². The molecule has 1 aliphatic heterocycles. The smallest absolute Gasteiger partial charge is 0.116 e. The van der Waals surface area contributed by atoms with Crippen molar-refractivity contribution in [2.45, 2.75) is 6.04 Å². The number of halogens is 3. The zero-order valence-corrected chi connectivity index (χ0v) is 13.8. The van der Waals surface area contributed by atoms with Crippen LogP contribution < -0.4 is 5.32 Å². The van der Waals surface area contributed by atoms with Crippen LogP contribution >= 0.6 is 24.8 Å². The van der Waals surface area contributed by atoms with E-state index in [-0.39, 0.29) is 43.3 Å². The third kappa shape index (κ3) is 4.02. The quantitative estimate of drug-likeness (QED) is 0.894. The third-order valence-electron chi connectivity index (χ3n) is 3.97. The molecule has 122 valence electrons. The van der Waals surface area contributed by atoms with Crippen LogP contribution in [0, 0.1) is 0 Å². The van der Waals surface area contributed by atoms with Gasteiger partial charge in [0.1, 0.15) is 12.4 Å². The number of aromatic hydroxyl groups is 1. The molecule has 1 heterocycles. The molecule has 22 heavy (non-hydrogen) atoms. The van der Waals surface area contributed by atoms with Gasteiger partial charge in [-0.25, -0.2) is 4.39 Å². The molecular formula is C16H21Cl2FN2O. The molecule has 0 unspecified atom stereocenters. The van der Waals surface area contributed by atoms with Crippen molar-refractivity contribution in [3.8, 4) is 5.75 Å². The first-order valence-corrected chi connectivity index (χ1v) is 7.01. The third-order valence-corrected chi connectivity index (χ3v) is 3.97. The van der Waals surface area contributed by atoms with Crippen molar-refractivity contribution < 1.29 is 9.50 Å². The average Bonchev–Trinajstić information content (AvgIpc) is 2.49. The predicted molar refractivity (Wildman–Crippen MR) is 93.3 cm³/mol. The predicted octanol–water partition coefficient (Wildman–Crippen LogP) is 3.30. The van der Waals surface area contributed by atoms with Gasteiger partial charge in [0.15, 0.2) is 0 Å². The van der Waals surface area contributed by atoms with Gasteiger partial charge in [-0.2, -0.15) is 0 Å². The summed E-state index contributed by atoms with van der Waals surface area (Å²) in [5.74, 6) is 0.259. The lowest BCUT2D eigenvalue weighted by molar-refractivity contribution is 0.147. The molecule has 2 N–H and O–H groups in total. The van der Waals surface area contributed by atoms with Crippen molar-refractivity contribution in [3.63, 3.8) is 0 Å². The summed E-state index contributed by atoms with van der Waals surface area (Å²) in [4.78, 5) is 2.19. The number of phenols is 1. The number of rotatable bonds is 3. The zero-order chi connectivity index (χ0) is 13.9. The molecule has 6 heteroatoms. The summed E-state index contributed by atoms with van der Waals surface area (Å²) < 4.78 is 13.5. The van der Waals surface area contributed by atoms with E-state index in [1.807, 2.05) is 24.3 Å². The molecule has 1 atom stereocenters. The van der Waals surface area contributed by atoms with Crippen LogP contribution in [0.4, 0.5) is 4.39 Å². The van der Waals surface area contributed by atoms with Gasteiger partial charge in [-0.1, -0.05) is 18.2 Å². The summed E-state index contributed by atoms with van der Waals surface area (Å²) in [5.41, 5.74) is 1.01. The van der Waals surface area contributed by atoms with Crippen LogP contribution in [0.3, 0.4) is 0 Å². The number of phenolic OH excluding ortho intramolecular Hbond substituents is 1. The Balaban J connectivity index is 0.00000121. The number of hydrogen-bond acceptors (Lipinski definition) is 3. The standard InChI is InChI=1S/C16H19FN2O.2ClH/c17-11-16(19-7-5-18-6-8-19)14-2-1-13-10-15(20)4-3-12(13)9-14;;/h1-4,9-10,16,18,20H,5-8,11H2;2*1H/t16-;;/m0../s1. The highest BCUT2D eigenvalue weighted by Gasteiger charge is 2.22. The molecule has 0 radical (unpaired) electrons. The van der Waals surface area contributed by atoms with Gasteiger partial charge < -0.3 is 10.4 Å². The number of alkyl halides is 1. The number of benzene rings is 2. The molecule has 0 spiro atoms. The van der Waals surface area contributed by atoms with Gasteiger partial charge in [0.05, 0.1) is 6.04 Å². The van der Waals surface area contributed by atoms with Crippen molar-refractivity contribution in [2.75, 3.05) is 32.9 Å². The van der Waals surface area contributed by atoms with E-state index in [4.69, 9.17) is 0 Å². The van der Waals surface area contributed by atoms with Crippen molar-refractivity contribution >= 4 is 35.6 Å². The minimum atomic E-state index is -0.371. The fourth-order valence-corrected chi connectivity index (χ4v) is 2.85. The molecule has 1 saturated heterocycles. The highest BCUT2D eigenvalue weighted by molar-refractivity contribution is 5.86. The second kappa shape index (κ2) is 8.53. The molecular weight excluding hydrogens is 326 g/mol. The van der Waals surface area contributed by atoms with E-state index in [0.29, 0.717) is 0 Å². The van der Waals surface area contributed by atoms with Gasteiger partial charge in [-0.15, -0.1) is 24.8 Å². The van der Waals surface area contributed by atoms with E-state index in [1.54, 1.807) is 12.1 Å². The Hall–Kier alpha value is -1.07. The summed E-state index contributed by atoms with van der Waals surface area (Å²) in [5, 5.41) is 14.8. The minimum Gasteiger partial charge on any atom is -0.508 e. The lowest BCUT2D eigenvalue weighted by Gasteiger charge is -2.33. The summed E-state index contributed by atoms with van der Waals surface area (Å²) in [6, 6.07) is 11.1. The minimum absolute atomic E-state index is 0. The molecule has 3 rings (SSSR count). The van der Waals surface area contributed by atoms with Crippen LogP contribution in [0.2, 0.25) is 0 Å². The highest BCUT2D eigenvalue weighted by atomic mass is 35.5. The normalized spacial score (nSPS) is 16.6. The van der Waals surface area contributed by atoms with Crippen molar-refractivity contribution in [1.29, 1.82) is 0 Å². The van der Waals surface area contributed by atoms with Gasteiger partial charge in [-0.3, -0.25) is 4.90 Å². The fraction of sp³-hybridized carbons (Fsp3) is 0.375. The first-order chi connectivity index (χ1) is 9.78. The lowest BCUT2D eigenvalue weighted by Crippen LogP contribution is -2.45. The number of nitrogens with zero attached hydrogens (tertiary/aromatic N) is 1. The van der Waals surface area contributed by atoms with Gasteiger partial charge in [-0.05, 0) is 34.5 Å². The Morgan fingerprint density at radius 3 is 2.36 bits per heavy atom. The SMILES string of the molecule is Cl.Cl.Oc1ccc2cc([C@H](CF)N3CCNCC3)ccc2c1. The molecule has 1 aliphatic rings. The Morgan fingerprint density at radius 2 is 1.68 bits per heavy atom. The molecule has 0 aromatic heterocycles. The van der Waals surface area contributed by atoms with E-state index >= 15 is 0 Å². The first-order valence-electron chi connectivity index (χ1n) is 7.01. The molecule has 2 aromatic carbocycles. The van der Waals surface area contributed by atoms with Gasteiger partial charge >= 0.3 is 0 Å². The van der Waals surface area contributed by atoms with Crippen LogP contribution in [0.1, 0.15) is 11.6 Å². The number of fused-ring (bicyclic) bond motifs is 1. The summed E-state index contributed by atoms with van der Waals surface area (Å²) in [7, 11) is 0. The van der Waals surface area contributed by atoms with Crippen molar-refractivity contribution in [1.82, 2.24) is 10.2 Å². The maximum Gasteiger partial charge on any atom is 0.116 e. The summed E-state index contributed by atoms with van der Waals surface area (Å²) in [6.45, 7) is 3.21. The average molecular weight is 347 g/mol. The maximum absolute atomic E-state index is 13.5. The number of nitrogens with one attached hydrogen (secondary N) is 1. The van der Waals surface area contributed by atoms with Gasteiger partial charge in [0.2, 0.25) is 0 Å². The second-order valence-electron chi connectivity index (χ2n) is 5.25. The monoisotopic (exact) mass is 346 g/mol. The first kappa shape index (κ1) is 19.0. The molecule has 0 bridgehead atoms. The maximum atomic E-state index is 13.5. The Labute approximate surface area is 142 Å². The lowest BCUT2D eigenvalue weighted by atomic mass is 10.0. The van der Waals surface area contributed by atoms with Gasteiger partial charge in [0.25, 0.3) is 0 Å². The van der Waals surface area contributed by atoms with Crippen LogP contribution in [0.15, 0.2) is 36.4 Å². The Kier molecular flexibility index (Phi) is 7.36. The van der Waals surface area contributed by atoms with E-state index in [2.05, 4.69) is 10.2 Å². The van der Waals surface area contributed by atoms with E-state index in [0.717, 1.165) is 42.5 Å². The van der Waals surface area contributed by atoms with Crippen molar-refractivity contribution in [3.05, 3.63) is 42.0 Å². The molecule has 3 nitrogen and oxygen atoms in total. The molecule has 0 aliphatic carbocycles. The van der Waals surface area contributed by atoms with Crippen LogP contribution in [0.5, 0.6) is 5.75 Å². The Bertz CT molecular complexity index is 606. The van der Waals surface area contributed by atoms with Crippen LogP contribution in [0.25, 0.3) is 10.8 Å². The van der Waals surface area contributed by atoms with Crippen LogP contribution in [-0.2, 0) is 0 Å². The molecule has 0 amide bonds. The summed E-state index contributed by atoms with van der Waals surface area (Å²) >= 11 is 0. The molecule has 1 fully saturated rings. The van der Waals surface area contributed by atoms with E-state index in [1.165, 1.54) is 0 Å². The Morgan fingerprint density at radius 1 is 1.05 bits per heavy atom. The fourth-order valence-electron chi connectivity index (χ4n) is 2.85. The van der Waals surface area contributed by atoms with Crippen molar-refractivity contribution in [2.24, 2.45) is 0 Å². The van der Waals surface area contributed by atoms with Crippen LogP contribution in [-0.4, -0.2) is 42.9 Å². The summed E-state index contributed by atoms with van der Waals surface area (Å²) in [6.07, 6.45) is 0. The highest BCUT2D eigenvalue weighted by Crippen LogP contribution is 2.27. The second-order valence-corrected chi connectivity index (χ2v) is 5.25. The zero-order valence-electron chi connectivity index (χ0n) is 12.2. The molecule has 0 saturated carbocycles. The van der Waals surface area contributed by atoms with E-state index < -0.39 is 0 Å². The van der Waals surface area contributed by atoms with E-state index in [9.17, 15) is 9.50 Å². The number of hydrogen-bond donors (Lipinski definition) is 2. The van der Waals surface area contributed by atoms with Gasteiger partial charge in [0, 0.05) is 26.2 Å². The largest absolute Gasteiger partial charge is 0.508 e. The molecule has 2 aromatic rings.